The van der Waals surface area contributed by atoms with Crippen molar-refractivity contribution < 1.29 is 14.3 Å². The Morgan fingerprint density at radius 2 is 2.20 bits per heavy atom. The van der Waals surface area contributed by atoms with Crippen molar-refractivity contribution in [1.82, 2.24) is 0 Å². The first-order valence-corrected chi connectivity index (χ1v) is 4.99. The van der Waals surface area contributed by atoms with Crippen molar-refractivity contribution in [2.24, 2.45) is 0 Å². The zero-order valence-corrected chi connectivity index (χ0v) is 8.68. The van der Waals surface area contributed by atoms with Crippen LogP contribution in [0.2, 0.25) is 0 Å². The molecule has 0 amide bonds. The van der Waals surface area contributed by atoms with E-state index in [0.717, 1.165) is 11.8 Å². The molecule has 15 heavy (non-hydrogen) atoms. The summed E-state index contributed by atoms with van der Waals surface area (Å²) in [6.45, 7) is 2.91. The third-order valence-corrected chi connectivity index (χ3v) is 2.56. The van der Waals surface area contributed by atoms with Crippen LogP contribution in [0.5, 0.6) is 0 Å². The molecular weight excluding hydrogens is 192 g/mol. The van der Waals surface area contributed by atoms with Crippen LogP contribution in [0.1, 0.15) is 12.5 Å². The summed E-state index contributed by atoms with van der Waals surface area (Å²) in [6.07, 6.45) is 0.541. The highest BCUT2D eigenvalue weighted by atomic mass is 16.6. The lowest BCUT2D eigenvalue weighted by Crippen LogP contribution is -2.18. The molecule has 2 rings (SSSR count). The van der Waals surface area contributed by atoms with Gasteiger partial charge in [0.2, 0.25) is 0 Å². The highest BCUT2D eigenvalue weighted by molar-refractivity contribution is 5.62. The average molecular weight is 206 g/mol. The largest absolute Gasteiger partial charge is 0.374 e. The van der Waals surface area contributed by atoms with Crippen LogP contribution in [0.15, 0.2) is 30.3 Å². The summed E-state index contributed by atoms with van der Waals surface area (Å²) in [7, 11) is 0. The lowest BCUT2D eigenvalue weighted by molar-refractivity contribution is -0.108. The molecule has 0 saturated carbocycles. The van der Waals surface area contributed by atoms with E-state index in [4.69, 9.17) is 9.47 Å². The van der Waals surface area contributed by atoms with Gasteiger partial charge < -0.3 is 14.3 Å². The number of hydrogen-bond acceptors (Lipinski definition) is 3. The second-order valence-electron chi connectivity index (χ2n) is 3.97. The molecule has 2 atom stereocenters. The molecule has 0 aromatic heterocycles. The molecule has 1 aromatic rings. The number of epoxide rings is 1. The topological polar surface area (TPSA) is 38.8 Å². The Morgan fingerprint density at radius 3 is 2.80 bits per heavy atom. The van der Waals surface area contributed by atoms with Gasteiger partial charge in [0, 0.05) is 0 Å². The van der Waals surface area contributed by atoms with Crippen molar-refractivity contribution >= 4 is 6.29 Å². The highest BCUT2D eigenvalue weighted by Crippen LogP contribution is 2.34. The summed E-state index contributed by atoms with van der Waals surface area (Å²) in [4.78, 5) is 10.4. The van der Waals surface area contributed by atoms with E-state index < -0.39 is 5.60 Å². The molecule has 1 heterocycles. The maximum Gasteiger partial charge on any atom is 0.151 e. The predicted molar refractivity (Wildman–Crippen MR) is 55.4 cm³/mol. The Hall–Kier alpha value is -1.19. The molecule has 80 valence electrons. The van der Waals surface area contributed by atoms with E-state index in [2.05, 4.69) is 0 Å². The van der Waals surface area contributed by atoms with Crippen LogP contribution in [0, 0.1) is 0 Å². The molecule has 3 nitrogen and oxygen atoms in total. The Morgan fingerprint density at radius 1 is 1.47 bits per heavy atom. The van der Waals surface area contributed by atoms with Gasteiger partial charge in [-0.05, 0) is 12.5 Å². The summed E-state index contributed by atoms with van der Waals surface area (Å²) in [6, 6.07) is 9.93. The second-order valence-corrected chi connectivity index (χ2v) is 3.97. The van der Waals surface area contributed by atoms with Gasteiger partial charge in [-0.3, -0.25) is 0 Å². The zero-order chi connectivity index (χ0) is 10.7. The predicted octanol–water partition coefficient (Wildman–Crippen LogP) is 1.56. The Labute approximate surface area is 89.0 Å². The molecule has 0 aliphatic carbocycles. The van der Waals surface area contributed by atoms with E-state index >= 15 is 0 Å². The highest BCUT2D eigenvalue weighted by Gasteiger charge is 2.52. The molecule has 0 bridgehead atoms. The van der Waals surface area contributed by atoms with Gasteiger partial charge in [-0.15, -0.1) is 0 Å². The number of benzene rings is 1. The van der Waals surface area contributed by atoms with Gasteiger partial charge in [-0.25, -0.2) is 0 Å². The van der Waals surface area contributed by atoms with E-state index in [1.165, 1.54) is 0 Å². The quantitative estimate of drug-likeness (QED) is 0.542. The van der Waals surface area contributed by atoms with Gasteiger partial charge in [0.15, 0.2) is 6.29 Å². The summed E-state index contributed by atoms with van der Waals surface area (Å²) in [5.41, 5.74) is 0.737. The molecule has 1 aliphatic rings. The van der Waals surface area contributed by atoms with E-state index in [0.29, 0.717) is 13.2 Å². The van der Waals surface area contributed by atoms with E-state index in [9.17, 15) is 4.79 Å². The summed E-state index contributed by atoms with van der Waals surface area (Å²) in [5, 5.41) is 0. The van der Waals surface area contributed by atoms with Gasteiger partial charge in [0.05, 0.1) is 13.2 Å². The molecule has 1 saturated heterocycles. The standard InChI is InChI=1S/C12H14O3/c1-12(11(7-13)15-12)9-14-8-10-5-3-2-4-6-10/h2-7,11H,8-9H2,1H3/t11-,12-/m1/s1. The minimum absolute atomic E-state index is 0.284. The van der Waals surface area contributed by atoms with E-state index in [-0.39, 0.29) is 6.10 Å². The summed E-state index contributed by atoms with van der Waals surface area (Å²) < 4.78 is 10.7. The van der Waals surface area contributed by atoms with E-state index in [1.807, 2.05) is 37.3 Å². The monoisotopic (exact) mass is 206 g/mol. The van der Waals surface area contributed by atoms with Crippen molar-refractivity contribution in [3.8, 4) is 0 Å². The van der Waals surface area contributed by atoms with Crippen molar-refractivity contribution in [2.45, 2.75) is 25.2 Å². The maximum atomic E-state index is 10.4. The molecule has 0 radical (unpaired) electrons. The number of carbonyl (C=O) groups excluding carboxylic acids is 1. The molecule has 1 aliphatic heterocycles. The molecule has 3 heteroatoms. The first-order valence-electron chi connectivity index (χ1n) is 4.99. The average Bonchev–Trinajstić information content (AvgIpc) is 2.91. The zero-order valence-electron chi connectivity index (χ0n) is 8.68. The molecule has 0 N–H and O–H groups in total. The van der Waals surface area contributed by atoms with Crippen molar-refractivity contribution in [2.75, 3.05) is 6.61 Å². The number of rotatable bonds is 5. The second kappa shape index (κ2) is 4.13. The van der Waals surface area contributed by atoms with Gasteiger partial charge in [0.1, 0.15) is 11.7 Å². The van der Waals surface area contributed by atoms with Gasteiger partial charge in [-0.1, -0.05) is 30.3 Å². The third kappa shape index (κ3) is 2.43. The first-order chi connectivity index (χ1) is 7.24. The SMILES string of the molecule is C[C@]1(COCc2ccccc2)O[C@@H]1C=O. The third-order valence-electron chi connectivity index (χ3n) is 2.56. The fourth-order valence-corrected chi connectivity index (χ4v) is 1.49. The van der Waals surface area contributed by atoms with Crippen LogP contribution in [0.25, 0.3) is 0 Å². The summed E-state index contributed by atoms with van der Waals surface area (Å²) in [5.74, 6) is 0. The van der Waals surface area contributed by atoms with Gasteiger partial charge >= 0.3 is 0 Å². The number of hydrogen-bond donors (Lipinski definition) is 0. The minimum Gasteiger partial charge on any atom is -0.374 e. The lowest BCUT2D eigenvalue weighted by atomic mass is 10.1. The molecule has 0 unspecified atom stereocenters. The first kappa shape index (κ1) is 10.3. The molecule has 1 fully saturated rings. The normalized spacial score (nSPS) is 28.7. The smallest absolute Gasteiger partial charge is 0.151 e. The maximum absolute atomic E-state index is 10.4. The number of aldehydes is 1. The van der Waals surface area contributed by atoms with Crippen LogP contribution in [-0.4, -0.2) is 24.6 Å². The van der Waals surface area contributed by atoms with Crippen molar-refractivity contribution in [3.63, 3.8) is 0 Å². The van der Waals surface area contributed by atoms with Gasteiger partial charge in [0.25, 0.3) is 0 Å². The molecular formula is C12H14O3. The number of carbonyl (C=O) groups is 1. The van der Waals surface area contributed by atoms with Crippen LogP contribution in [0.4, 0.5) is 0 Å². The van der Waals surface area contributed by atoms with Crippen LogP contribution in [-0.2, 0) is 20.9 Å². The summed E-state index contributed by atoms with van der Waals surface area (Å²) >= 11 is 0. The van der Waals surface area contributed by atoms with Crippen LogP contribution in [0.3, 0.4) is 0 Å². The fourth-order valence-electron chi connectivity index (χ4n) is 1.49. The lowest BCUT2D eigenvalue weighted by Gasteiger charge is -2.06. The molecule has 0 spiro atoms. The Balaban J connectivity index is 1.74. The molecule has 1 aromatic carbocycles. The van der Waals surface area contributed by atoms with Crippen LogP contribution >= 0.6 is 0 Å². The minimum atomic E-state index is -0.392. The Bertz CT molecular complexity index is 336. The Kier molecular flexibility index (Phi) is 2.84. The van der Waals surface area contributed by atoms with Crippen molar-refractivity contribution in [3.05, 3.63) is 35.9 Å². The fraction of sp³-hybridized carbons (Fsp3) is 0.417. The van der Waals surface area contributed by atoms with Crippen molar-refractivity contribution in [1.29, 1.82) is 0 Å². The number of ether oxygens (including phenoxy) is 2. The van der Waals surface area contributed by atoms with Crippen LogP contribution < -0.4 is 0 Å². The van der Waals surface area contributed by atoms with E-state index in [1.54, 1.807) is 0 Å². The van der Waals surface area contributed by atoms with Gasteiger partial charge in [-0.2, -0.15) is 0 Å².